The molecular weight excluding hydrogens is 180 g/mol. The van der Waals surface area contributed by atoms with Crippen LogP contribution >= 0.6 is 0 Å². The SMILES string of the molecule is Cn1c(CON)cc2c(O)cccc21. The zero-order valence-electron chi connectivity index (χ0n) is 7.90. The minimum atomic E-state index is 0.279. The Morgan fingerprint density at radius 2 is 2.29 bits per heavy atom. The summed E-state index contributed by atoms with van der Waals surface area (Å²) in [4.78, 5) is 4.58. The van der Waals surface area contributed by atoms with Crippen molar-refractivity contribution in [1.29, 1.82) is 0 Å². The highest BCUT2D eigenvalue weighted by Gasteiger charge is 2.07. The van der Waals surface area contributed by atoms with Gasteiger partial charge in [-0.15, -0.1) is 0 Å². The summed E-state index contributed by atoms with van der Waals surface area (Å²) in [5.41, 5.74) is 1.90. The number of hydrogen-bond donors (Lipinski definition) is 2. The maximum absolute atomic E-state index is 9.59. The van der Waals surface area contributed by atoms with E-state index in [0.29, 0.717) is 6.61 Å². The number of aromatic hydroxyl groups is 1. The third kappa shape index (κ3) is 1.25. The number of phenols is 1. The van der Waals surface area contributed by atoms with Crippen LogP contribution in [0.25, 0.3) is 10.9 Å². The Balaban J connectivity index is 2.67. The molecule has 0 fully saturated rings. The summed E-state index contributed by atoms with van der Waals surface area (Å²) in [6, 6.07) is 7.28. The lowest BCUT2D eigenvalue weighted by Crippen LogP contribution is -2.03. The number of aryl methyl sites for hydroxylation is 1. The second-order valence-electron chi connectivity index (χ2n) is 3.22. The number of phenolic OH excluding ortho intramolecular Hbond substituents is 1. The molecule has 0 atom stereocenters. The lowest BCUT2D eigenvalue weighted by Gasteiger charge is -2.01. The van der Waals surface area contributed by atoms with Crippen molar-refractivity contribution in [3.8, 4) is 5.75 Å². The molecule has 0 aliphatic heterocycles. The fraction of sp³-hybridized carbons (Fsp3) is 0.200. The minimum absolute atomic E-state index is 0.279. The molecule has 2 aromatic rings. The van der Waals surface area contributed by atoms with Crippen LogP contribution in [0, 0.1) is 0 Å². The average molecular weight is 192 g/mol. The van der Waals surface area contributed by atoms with E-state index in [0.717, 1.165) is 16.6 Å². The van der Waals surface area contributed by atoms with E-state index < -0.39 is 0 Å². The first-order valence-corrected chi connectivity index (χ1v) is 4.32. The number of hydrogen-bond acceptors (Lipinski definition) is 3. The van der Waals surface area contributed by atoms with Crippen LogP contribution in [0.3, 0.4) is 0 Å². The van der Waals surface area contributed by atoms with Crippen molar-refractivity contribution in [2.75, 3.05) is 0 Å². The highest BCUT2D eigenvalue weighted by atomic mass is 16.6. The Hall–Kier alpha value is -1.52. The van der Waals surface area contributed by atoms with Crippen LogP contribution in [0.1, 0.15) is 5.69 Å². The van der Waals surface area contributed by atoms with E-state index in [1.807, 2.05) is 29.8 Å². The average Bonchev–Trinajstić information content (AvgIpc) is 2.48. The van der Waals surface area contributed by atoms with Gasteiger partial charge in [0.1, 0.15) is 12.4 Å². The van der Waals surface area contributed by atoms with Gasteiger partial charge in [0.25, 0.3) is 0 Å². The monoisotopic (exact) mass is 192 g/mol. The van der Waals surface area contributed by atoms with E-state index in [-0.39, 0.29) is 5.75 Å². The van der Waals surface area contributed by atoms with Gasteiger partial charge in [0.05, 0.1) is 5.52 Å². The van der Waals surface area contributed by atoms with Crippen LogP contribution in [0.4, 0.5) is 0 Å². The van der Waals surface area contributed by atoms with Crippen LogP contribution in [-0.4, -0.2) is 9.67 Å². The molecule has 3 N–H and O–H groups in total. The highest BCUT2D eigenvalue weighted by Crippen LogP contribution is 2.27. The van der Waals surface area contributed by atoms with Crippen molar-refractivity contribution in [3.05, 3.63) is 30.0 Å². The molecule has 0 unspecified atom stereocenters. The Labute approximate surface area is 81.5 Å². The van der Waals surface area contributed by atoms with Crippen molar-refractivity contribution in [2.45, 2.75) is 6.61 Å². The maximum atomic E-state index is 9.59. The van der Waals surface area contributed by atoms with Gasteiger partial charge in [-0.1, -0.05) is 6.07 Å². The van der Waals surface area contributed by atoms with E-state index in [1.54, 1.807) is 6.07 Å². The van der Waals surface area contributed by atoms with E-state index in [9.17, 15) is 5.11 Å². The summed E-state index contributed by atoms with van der Waals surface area (Å²) in [6.45, 7) is 0.338. The van der Waals surface area contributed by atoms with E-state index in [4.69, 9.17) is 5.90 Å². The summed E-state index contributed by atoms with van der Waals surface area (Å²) < 4.78 is 1.95. The van der Waals surface area contributed by atoms with Crippen LogP contribution in [0.2, 0.25) is 0 Å². The molecule has 1 aromatic carbocycles. The summed E-state index contributed by atoms with van der Waals surface area (Å²) in [5.74, 6) is 5.29. The number of nitrogens with zero attached hydrogens (tertiary/aromatic N) is 1. The first-order chi connectivity index (χ1) is 6.74. The third-order valence-electron chi connectivity index (χ3n) is 2.39. The molecule has 0 radical (unpaired) electrons. The summed E-state index contributed by atoms with van der Waals surface area (Å²) >= 11 is 0. The largest absolute Gasteiger partial charge is 0.507 e. The van der Waals surface area contributed by atoms with Crippen LogP contribution in [-0.2, 0) is 18.5 Å². The summed E-state index contributed by atoms with van der Waals surface area (Å²) in [7, 11) is 1.91. The predicted octanol–water partition coefficient (Wildman–Crippen LogP) is 1.27. The second kappa shape index (κ2) is 3.32. The van der Waals surface area contributed by atoms with Crippen molar-refractivity contribution in [1.82, 2.24) is 4.57 Å². The van der Waals surface area contributed by atoms with Gasteiger partial charge in [0, 0.05) is 18.1 Å². The zero-order valence-corrected chi connectivity index (χ0v) is 7.90. The van der Waals surface area contributed by atoms with Crippen LogP contribution < -0.4 is 5.90 Å². The summed E-state index contributed by atoms with van der Waals surface area (Å²) in [6.07, 6.45) is 0. The van der Waals surface area contributed by atoms with E-state index in [1.165, 1.54) is 0 Å². The van der Waals surface area contributed by atoms with Gasteiger partial charge in [-0.2, -0.15) is 0 Å². The van der Waals surface area contributed by atoms with Gasteiger partial charge in [0.15, 0.2) is 0 Å². The smallest absolute Gasteiger partial charge is 0.124 e. The minimum Gasteiger partial charge on any atom is -0.507 e. The lowest BCUT2D eigenvalue weighted by molar-refractivity contribution is 0.119. The number of rotatable bonds is 2. The molecule has 2 rings (SSSR count). The van der Waals surface area contributed by atoms with Gasteiger partial charge in [-0.05, 0) is 18.2 Å². The number of nitrogens with two attached hydrogens (primary N) is 1. The van der Waals surface area contributed by atoms with Gasteiger partial charge in [-0.3, -0.25) is 4.84 Å². The normalized spacial score (nSPS) is 11.0. The molecule has 0 spiro atoms. The van der Waals surface area contributed by atoms with E-state index >= 15 is 0 Å². The lowest BCUT2D eigenvalue weighted by atomic mass is 10.2. The first-order valence-electron chi connectivity index (χ1n) is 4.32. The van der Waals surface area contributed by atoms with Crippen molar-refractivity contribution < 1.29 is 9.94 Å². The molecule has 74 valence electrons. The fourth-order valence-corrected chi connectivity index (χ4v) is 1.62. The van der Waals surface area contributed by atoms with Crippen molar-refractivity contribution >= 4 is 10.9 Å². The summed E-state index contributed by atoms with van der Waals surface area (Å²) in [5, 5.41) is 10.4. The number of benzene rings is 1. The molecule has 0 aliphatic rings. The van der Waals surface area contributed by atoms with Gasteiger partial charge < -0.3 is 9.67 Å². The van der Waals surface area contributed by atoms with Crippen LogP contribution in [0.15, 0.2) is 24.3 Å². The standard InChI is InChI=1S/C10H12N2O2/c1-12-7(6-14-11)5-8-9(12)3-2-4-10(8)13/h2-5,13H,6,11H2,1H3. The molecule has 0 saturated carbocycles. The van der Waals surface area contributed by atoms with Crippen LogP contribution in [0.5, 0.6) is 5.75 Å². The predicted molar refractivity (Wildman–Crippen MR) is 53.6 cm³/mol. The number of aromatic nitrogens is 1. The zero-order chi connectivity index (χ0) is 10.1. The molecule has 0 amide bonds. The molecule has 0 saturated heterocycles. The Bertz CT molecular complexity index is 462. The molecule has 0 aliphatic carbocycles. The number of fused-ring (bicyclic) bond motifs is 1. The molecular formula is C10H12N2O2. The molecule has 0 bridgehead atoms. The Kier molecular flexibility index (Phi) is 2.15. The van der Waals surface area contributed by atoms with Gasteiger partial charge >= 0.3 is 0 Å². The van der Waals surface area contributed by atoms with Crippen molar-refractivity contribution in [2.24, 2.45) is 12.9 Å². The van der Waals surface area contributed by atoms with Gasteiger partial charge in [0.2, 0.25) is 0 Å². The molecule has 1 aromatic heterocycles. The third-order valence-corrected chi connectivity index (χ3v) is 2.39. The molecule has 1 heterocycles. The fourth-order valence-electron chi connectivity index (χ4n) is 1.62. The Morgan fingerprint density at radius 3 is 2.93 bits per heavy atom. The highest BCUT2D eigenvalue weighted by molar-refractivity contribution is 5.87. The molecule has 14 heavy (non-hydrogen) atoms. The quantitative estimate of drug-likeness (QED) is 0.704. The molecule has 4 nitrogen and oxygen atoms in total. The second-order valence-corrected chi connectivity index (χ2v) is 3.22. The maximum Gasteiger partial charge on any atom is 0.124 e. The van der Waals surface area contributed by atoms with E-state index in [2.05, 4.69) is 4.84 Å². The molecule has 4 heteroatoms. The Morgan fingerprint density at radius 1 is 1.50 bits per heavy atom. The topological polar surface area (TPSA) is 60.4 Å². The van der Waals surface area contributed by atoms with Crippen molar-refractivity contribution in [3.63, 3.8) is 0 Å². The van der Waals surface area contributed by atoms with Gasteiger partial charge in [-0.25, -0.2) is 5.90 Å². The first kappa shape index (κ1) is 9.05.